The molecule has 1 aromatic carbocycles. The fourth-order valence-electron chi connectivity index (χ4n) is 2.98. The Kier molecular flexibility index (Phi) is 6.27. The van der Waals surface area contributed by atoms with Crippen LogP contribution in [0.15, 0.2) is 24.3 Å². The zero-order valence-electron chi connectivity index (χ0n) is 13.6. The number of nitrogens with two attached hydrogens (primary N) is 1. The Bertz CT molecular complexity index is 602. The molecule has 2 rings (SSSR count). The van der Waals surface area contributed by atoms with Crippen LogP contribution in [0.4, 0.5) is 18.9 Å². The Morgan fingerprint density at radius 1 is 1.16 bits per heavy atom. The van der Waals surface area contributed by atoms with E-state index in [2.05, 4.69) is 5.32 Å². The molecule has 1 aliphatic carbocycles. The van der Waals surface area contributed by atoms with E-state index in [0.717, 1.165) is 0 Å². The van der Waals surface area contributed by atoms with Gasteiger partial charge in [0.25, 0.3) is 0 Å². The Labute approximate surface area is 143 Å². The molecule has 0 heterocycles. The van der Waals surface area contributed by atoms with Gasteiger partial charge in [0, 0.05) is 11.6 Å². The van der Waals surface area contributed by atoms with Crippen LogP contribution in [0.3, 0.4) is 0 Å². The Morgan fingerprint density at radius 2 is 1.80 bits per heavy atom. The summed E-state index contributed by atoms with van der Waals surface area (Å²) in [5.74, 6) is -3.25. The molecule has 0 saturated heterocycles. The first-order chi connectivity index (χ1) is 11.8. The highest BCUT2D eigenvalue weighted by Gasteiger charge is 2.48. The van der Waals surface area contributed by atoms with E-state index in [1.165, 1.54) is 0 Å². The minimum atomic E-state index is -4.36. The van der Waals surface area contributed by atoms with Crippen molar-refractivity contribution in [2.24, 2.45) is 17.6 Å². The first-order valence-corrected chi connectivity index (χ1v) is 8.16. The Morgan fingerprint density at radius 3 is 2.40 bits per heavy atom. The number of carbonyl (C=O) groups excluding carboxylic acids is 2. The number of benzene rings is 1. The molecule has 2 unspecified atom stereocenters. The second kappa shape index (κ2) is 8.22. The lowest BCUT2D eigenvalue weighted by Gasteiger charge is -2.32. The lowest BCUT2D eigenvalue weighted by molar-refractivity contribution is -0.197. The zero-order chi connectivity index (χ0) is 18.4. The van der Waals surface area contributed by atoms with Gasteiger partial charge in [-0.1, -0.05) is 12.8 Å². The third-order valence-corrected chi connectivity index (χ3v) is 4.26. The van der Waals surface area contributed by atoms with Crippen LogP contribution in [-0.2, 0) is 9.59 Å². The molecule has 1 aromatic rings. The van der Waals surface area contributed by atoms with Crippen molar-refractivity contribution in [2.45, 2.75) is 38.3 Å². The van der Waals surface area contributed by atoms with Crippen molar-refractivity contribution in [1.29, 1.82) is 0 Å². The Hall–Kier alpha value is -2.25. The number of alkyl halides is 3. The molecule has 3 N–H and O–H groups in total. The lowest BCUT2D eigenvalue weighted by Crippen LogP contribution is -2.39. The number of amides is 2. The summed E-state index contributed by atoms with van der Waals surface area (Å²) in [6, 6.07) is 6.23. The van der Waals surface area contributed by atoms with E-state index < -0.39 is 29.8 Å². The van der Waals surface area contributed by atoms with E-state index in [9.17, 15) is 22.8 Å². The quantitative estimate of drug-likeness (QED) is 0.819. The van der Waals surface area contributed by atoms with Gasteiger partial charge in [-0.05, 0) is 37.1 Å². The molecule has 5 nitrogen and oxygen atoms in total. The minimum absolute atomic E-state index is 0.00573. The number of hydrogen-bond acceptors (Lipinski definition) is 3. The van der Waals surface area contributed by atoms with Crippen molar-refractivity contribution in [2.75, 3.05) is 11.9 Å². The molecular weight excluding hydrogens is 337 g/mol. The number of hydrogen-bond donors (Lipinski definition) is 2. The molecule has 1 fully saturated rings. The third kappa shape index (κ3) is 5.65. The van der Waals surface area contributed by atoms with Crippen LogP contribution in [0.5, 0.6) is 5.75 Å². The van der Waals surface area contributed by atoms with Crippen LogP contribution < -0.4 is 15.8 Å². The largest absolute Gasteiger partial charge is 0.493 e. The molecule has 1 saturated carbocycles. The number of anilines is 1. The predicted molar refractivity (Wildman–Crippen MR) is 85.9 cm³/mol. The van der Waals surface area contributed by atoms with Crippen LogP contribution in [0.2, 0.25) is 0 Å². The molecule has 2 atom stereocenters. The summed E-state index contributed by atoms with van der Waals surface area (Å²) in [6.45, 7) is 0.135. The van der Waals surface area contributed by atoms with Gasteiger partial charge in [-0.2, -0.15) is 13.2 Å². The SMILES string of the molecule is NC(=O)CCOc1ccc(NC(=O)C2CCCCC2C(F)(F)F)cc1. The van der Waals surface area contributed by atoms with Crippen LogP contribution >= 0.6 is 0 Å². The number of rotatable bonds is 6. The van der Waals surface area contributed by atoms with Crippen molar-refractivity contribution in [3.63, 3.8) is 0 Å². The van der Waals surface area contributed by atoms with Crippen molar-refractivity contribution in [3.05, 3.63) is 24.3 Å². The summed E-state index contributed by atoms with van der Waals surface area (Å²) in [4.78, 5) is 22.9. The molecule has 0 bridgehead atoms. The van der Waals surface area contributed by atoms with E-state index in [-0.39, 0.29) is 25.9 Å². The van der Waals surface area contributed by atoms with Crippen LogP contribution in [0.1, 0.15) is 32.1 Å². The first kappa shape index (κ1) is 19.1. The van der Waals surface area contributed by atoms with E-state index >= 15 is 0 Å². The number of halogens is 3. The fraction of sp³-hybridized carbons (Fsp3) is 0.529. The number of primary amides is 1. The van der Waals surface area contributed by atoms with Gasteiger partial charge in [-0.3, -0.25) is 9.59 Å². The van der Waals surface area contributed by atoms with Crippen LogP contribution in [0.25, 0.3) is 0 Å². The fourth-order valence-corrected chi connectivity index (χ4v) is 2.98. The number of nitrogens with one attached hydrogen (secondary N) is 1. The van der Waals surface area contributed by atoms with Gasteiger partial charge in [-0.25, -0.2) is 0 Å². The summed E-state index contributed by atoms with van der Waals surface area (Å²) in [5, 5.41) is 2.55. The molecule has 0 spiro atoms. The highest BCUT2D eigenvalue weighted by atomic mass is 19.4. The van der Waals surface area contributed by atoms with Crippen LogP contribution in [0, 0.1) is 11.8 Å². The Balaban J connectivity index is 1.94. The summed E-state index contributed by atoms with van der Waals surface area (Å²) < 4.78 is 44.6. The van der Waals surface area contributed by atoms with E-state index in [1.54, 1.807) is 24.3 Å². The van der Waals surface area contributed by atoms with Crippen molar-refractivity contribution in [1.82, 2.24) is 0 Å². The van der Waals surface area contributed by atoms with Crippen molar-refractivity contribution in [3.8, 4) is 5.75 Å². The molecule has 0 aliphatic heterocycles. The maximum Gasteiger partial charge on any atom is 0.392 e. The average Bonchev–Trinajstić information content (AvgIpc) is 2.55. The number of ether oxygens (including phenoxy) is 1. The molecule has 8 heteroatoms. The lowest BCUT2D eigenvalue weighted by atomic mass is 9.78. The van der Waals surface area contributed by atoms with Gasteiger partial charge in [0.2, 0.25) is 11.8 Å². The highest BCUT2D eigenvalue weighted by molar-refractivity contribution is 5.92. The number of carbonyl (C=O) groups is 2. The van der Waals surface area contributed by atoms with Crippen LogP contribution in [-0.4, -0.2) is 24.6 Å². The summed E-state index contributed by atoms with van der Waals surface area (Å²) in [6.07, 6.45) is -2.93. The van der Waals surface area contributed by atoms with Gasteiger partial charge >= 0.3 is 6.18 Å². The van der Waals surface area contributed by atoms with E-state index in [1.807, 2.05) is 0 Å². The molecule has 0 aromatic heterocycles. The summed E-state index contributed by atoms with van der Waals surface area (Å²) in [7, 11) is 0. The van der Waals surface area contributed by atoms with Gasteiger partial charge in [-0.15, -0.1) is 0 Å². The van der Waals surface area contributed by atoms with Crippen molar-refractivity contribution < 1.29 is 27.5 Å². The second-order valence-electron chi connectivity index (χ2n) is 6.12. The predicted octanol–water partition coefficient (Wildman–Crippen LogP) is 3.25. The molecule has 2 amide bonds. The standard InChI is InChI=1S/C17H21F3N2O3/c18-17(19,20)14-4-2-1-3-13(14)16(24)22-11-5-7-12(8-6-11)25-10-9-15(21)23/h5-8,13-14H,1-4,9-10H2,(H2,21,23)(H,22,24). The van der Waals surface area contributed by atoms with Gasteiger partial charge in [0.1, 0.15) is 5.75 Å². The smallest absolute Gasteiger partial charge is 0.392 e. The molecule has 138 valence electrons. The van der Waals surface area contributed by atoms with Crippen molar-refractivity contribution >= 4 is 17.5 Å². The summed E-state index contributed by atoms with van der Waals surface area (Å²) >= 11 is 0. The maximum absolute atomic E-state index is 13.1. The second-order valence-corrected chi connectivity index (χ2v) is 6.12. The van der Waals surface area contributed by atoms with Gasteiger partial charge < -0.3 is 15.8 Å². The van der Waals surface area contributed by atoms with E-state index in [4.69, 9.17) is 10.5 Å². The van der Waals surface area contributed by atoms with Gasteiger partial charge in [0.05, 0.1) is 18.9 Å². The molecule has 1 aliphatic rings. The summed E-state index contributed by atoms with van der Waals surface area (Å²) in [5.41, 5.74) is 5.40. The maximum atomic E-state index is 13.1. The zero-order valence-corrected chi connectivity index (χ0v) is 13.6. The topological polar surface area (TPSA) is 81.4 Å². The minimum Gasteiger partial charge on any atom is -0.493 e. The van der Waals surface area contributed by atoms with E-state index in [0.29, 0.717) is 24.3 Å². The first-order valence-electron chi connectivity index (χ1n) is 8.16. The normalized spacial score (nSPS) is 20.8. The molecular formula is C17H21F3N2O3. The monoisotopic (exact) mass is 358 g/mol. The third-order valence-electron chi connectivity index (χ3n) is 4.26. The highest BCUT2D eigenvalue weighted by Crippen LogP contribution is 2.41. The molecule has 25 heavy (non-hydrogen) atoms. The molecule has 0 radical (unpaired) electrons. The van der Waals surface area contributed by atoms with Gasteiger partial charge in [0.15, 0.2) is 0 Å². The average molecular weight is 358 g/mol.